The molecule has 0 unspecified atom stereocenters. The third-order valence-corrected chi connectivity index (χ3v) is 3.96. The monoisotopic (exact) mass is 464 g/mol. The Kier molecular flexibility index (Phi) is 10.6. The van der Waals surface area contributed by atoms with Crippen LogP contribution in [0.25, 0.3) is 0 Å². The van der Waals surface area contributed by atoms with Gasteiger partial charge in [-0.2, -0.15) is 0 Å². The topological polar surface area (TPSA) is 67.4 Å². The molecule has 0 aromatic heterocycles. The van der Waals surface area contributed by atoms with Crippen molar-refractivity contribution in [2.24, 2.45) is 4.99 Å². The lowest BCUT2D eigenvalue weighted by molar-refractivity contribution is 0.0389. The zero-order valence-electron chi connectivity index (χ0n) is 15.2. The molecule has 0 spiro atoms. The Bertz CT molecular complexity index is 537. The second-order valence-corrected chi connectivity index (χ2v) is 5.50. The van der Waals surface area contributed by atoms with E-state index in [1.54, 1.807) is 21.3 Å². The van der Waals surface area contributed by atoms with Crippen molar-refractivity contribution in [3.63, 3.8) is 0 Å². The molecule has 1 saturated heterocycles. The highest BCUT2D eigenvalue weighted by Crippen LogP contribution is 2.27. The molecule has 0 amide bonds. The molecular weight excluding hydrogens is 435 g/mol. The van der Waals surface area contributed by atoms with Crippen LogP contribution in [0, 0.1) is 0 Å². The van der Waals surface area contributed by atoms with Crippen molar-refractivity contribution < 1.29 is 14.2 Å². The Hall–Kier alpha value is -1.26. The molecule has 25 heavy (non-hydrogen) atoms. The van der Waals surface area contributed by atoms with Gasteiger partial charge in [0.25, 0.3) is 0 Å². The number of ether oxygens (including phenoxy) is 3. The summed E-state index contributed by atoms with van der Waals surface area (Å²) in [4.78, 5) is 6.64. The Labute approximate surface area is 167 Å². The molecule has 1 fully saturated rings. The molecular formula is C17H29IN4O3. The molecule has 0 atom stereocenters. The second kappa shape index (κ2) is 12.2. The number of hydrogen-bond acceptors (Lipinski definition) is 5. The minimum Gasteiger partial charge on any atom is -0.493 e. The summed E-state index contributed by atoms with van der Waals surface area (Å²) in [5.41, 5.74) is 1.10. The third-order valence-electron chi connectivity index (χ3n) is 3.96. The van der Waals surface area contributed by atoms with Crippen molar-refractivity contribution in [1.82, 2.24) is 15.5 Å². The van der Waals surface area contributed by atoms with E-state index < -0.39 is 0 Å². The summed E-state index contributed by atoms with van der Waals surface area (Å²) in [7, 11) is 5.05. The average Bonchev–Trinajstić information content (AvgIpc) is 2.65. The van der Waals surface area contributed by atoms with Gasteiger partial charge in [0.2, 0.25) is 0 Å². The highest BCUT2D eigenvalue weighted by Gasteiger charge is 2.10. The molecule has 2 N–H and O–H groups in total. The number of benzene rings is 1. The van der Waals surface area contributed by atoms with E-state index in [1.165, 1.54) is 0 Å². The van der Waals surface area contributed by atoms with Crippen molar-refractivity contribution in [1.29, 1.82) is 0 Å². The molecule has 1 heterocycles. The van der Waals surface area contributed by atoms with Gasteiger partial charge in [0, 0.05) is 39.8 Å². The van der Waals surface area contributed by atoms with Crippen molar-refractivity contribution in [3.8, 4) is 11.5 Å². The first-order valence-electron chi connectivity index (χ1n) is 8.22. The minimum absolute atomic E-state index is 0. The first kappa shape index (κ1) is 21.8. The van der Waals surface area contributed by atoms with Gasteiger partial charge in [-0.3, -0.25) is 9.89 Å². The largest absolute Gasteiger partial charge is 0.493 e. The maximum atomic E-state index is 5.35. The Morgan fingerprint density at radius 3 is 2.52 bits per heavy atom. The first-order chi connectivity index (χ1) is 11.8. The standard InChI is InChI=1S/C17H28N4O3.HI/c1-18-17(19-6-7-21-8-10-24-11-9-21)20-13-14-4-5-15(22-2)16(12-14)23-3;/h4-5,12H,6-11,13H2,1-3H3,(H2,18,19,20);1H. The number of halogens is 1. The van der Waals surface area contributed by atoms with E-state index >= 15 is 0 Å². The van der Waals surface area contributed by atoms with Crippen LogP contribution in [-0.2, 0) is 11.3 Å². The van der Waals surface area contributed by atoms with Gasteiger partial charge in [0.15, 0.2) is 17.5 Å². The van der Waals surface area contributed by atoms with Gasteiger partial charge in [-0.05, 0) is 17.7 Å². The number of hydrogen-bond donors (Lipinski definition) is 2. The zero-order valence-corrected chi connectivity index (χ0v) is 17.5. The molecule has 1 aromatic rings. The van der Waals surface area contributed by atoms with Crippen LogP contribution in [0.2, 0.25) is 0 Å². The molecule has 142 valence electrons. The van der Waals surface area contributed by atoms with E-state index in [0.29, 0.717) is 6.54 Å². The van der Waals surface area contributed by atoms with E-state index in [4.69, 9.17) is 14.2 Å². The fourth-order valence-corrected chi connectivity index (χ4v) is 2.55. The summed E-state index contributed by atoms with van der Waals surface area (Å²) in [6, 6.07) is 5.88. The molecule has 0 radical (unpaired) electrons. The maximum absolute atomic E-state index is 5.35. The number of rotatable bonds is 7. The average molecular weight is 464 g/mol. The molecule has 1 aliphatic heterocycles. The maximum Gasteiger partial charge on any atom is 0.191 e. The zero-order chi connectivity index (χ0) is 17.2. The van der Waals surface area contributed by atoms with E-state index in [1.807, 2.05) is 18.2 Å². The number of nitrogens with one attached hydrogen (secondary N) is 2. The summed E-state index contributed by atoms with van der Waals surface area (Å²) in [5.74, 6) is 2.25. The summed E-state index contributed by atoms with van der Waals surface area (Å²) in [6.45, 7) is 6.15. The Balaban J connectivity index is 0.00000312. The van der Waals surface area contributed by atoms with Crippen LogP contribution in [-0.4, -0.2) is 71.5 Å². The normalized spacial score (nSPS) is 15.2. The van der Waals surface area contributed by atoms with Crippen LogP contribution in [0.1, 0.15) is 5.56 Å². The highest BCUT2D eigenvalue weighted by atomic mass is 127. The molecule has 0 aliphatic carbocycles. The van der Waals surface area contributed by atoms with Gasteiger partial charge < -0.3 is 24.8 Å². The van der Waals surface area contributed by atoms with Gasteiger partial charge in [-0.25, -0.2) is 0 Å². The molecule has 0 saturated carbocycles. The quantitative estimate of drug-likeness (QED) is 0.361. The number of morpholine rings is 1. The predicted octanol–water partition coefficient (Wildman–Crippen LogP) is 1.32. The van der Waals surface area contributed by atoms with Crippen LogP contribution >= 0.6 is 24.0 Å². The van der Waals surface area contributed by atoms with Crippen LogP contribution in [0.5, 0.6) is 11.5 Å². The molecule has 1 aliphatic rings. The molecule has 1 aromatic carbocycles. The first-order valence-corrected chi connectivity index (χ1v) is 8.22. The molecule has 8 heteroatoms. The van der Waals surface area contributed by atoms with Gasteiger partial charge in [0.05, 0.1) is 27.4 Å². The molecule has 2 rings (SSSR count). The molecule has 7 nitrogen and oxygen atoms in total. The van der Waals surface area contributed by atoms with Crippen molar-refractivity contribution in [3.05, 3.63) is 23.8 Å². The van der Waals surface area contributed by atoms with E-state index in [9.17, 15) is 0 Å². The van der Waals surface area contributed by atoms with E-state index in [2.05, 4.69) is 20.5 Å². The fraction of sp³-hybridized carbons (Fsp3) is 0.588. The van der Waals surface area contributed by atoms with Crippen LogP contribution in [0.4, 0.5) is 0 Å². The minimum atomic E-state index is 0. The van der Waals surface area contributed by atoms with Crippen molar-refractivity contribution in [2.45, 2.75) is 6.54 Å². The molecule has 0 bridgehead atoms. The van der Waals surface area contributed by atoms with Gasteiger partial charge in [-0.15, -0.1) is 24.0 Å². The smallest absolute Gasteiger partial charge is 0.191 e. The van der Waals surface area contributed by atoms with Crippen LogP contribution in [0.15, 0.2) is 23.2 Å². The lowest BCUT2D eigenvalue weighted by Gasteiger charge is -2.26. The van der Waals surface area contributed by atoms with Gasteiger partial charge in [-0.1, -0.05) is 6.07 Å². The third kappa shape index (κ3) is 7.25. The Morgan fingerprint density at radius 2 is 1.88 bits per heavy atom. The van der Waals surface area contributed by atoms with Crippen molar-refractivity contribution >= 4 is 29.9 Å². The highest BCUT2D eigenvalue weighted by molar-refractivity contribution is 14.0. The van der Waals surface area contributed by atoms with Gasteiger partial charge in [0.1, 0.15) is 0 Å². The summed E-state index contributed by atoms with van der Waals surface area (Å²) in [6.07, 6.45) is 0. The van der Waals surface area contributed by atoms with E-state index in [-0.39, 0.29) is 24.0 Å². The van der Waals surface area contributed by atoms with Crippen LogP contribution < -0.4 is 20.1 Å². The summed E-state index contributed by atoms with van der Waals surface area (Å²) < 4.78 is 15.9. The number of aliphatic imine (C=N–C) groups is 1. The van der Waals surface area contributed by atoms with Crippen molar-refractivity contribution in [2.75, 3.05) is 60.7 Å². The van der Waals surface area contributed by atoms with Crippen LogP contribution in [0.3, 0.4) is 0 Å². The lowest BCUT2D eigenvalue weighted by Crippen LogP contribution is -2.44. The van der Waals surface area contributed by atoms with Gasteiger partial charge >= 0.3 is 0 Å². The van der Waals surface area contributed by atoms with E-state index in [0.717, 1.165) is 62.4 Å². The Morgan fingerprint density at radius 1 is 1.16 bits per heavy atom. The fourth-order valence-electron chi connectivity index (χ4n) is 2.55. The summed E-state index contributed by atoms with van der Waals surface area (Å²) in [5, 5.41) is 6.65. The number of nitrogens with zero attached hydrogens (tertiary/aromatic N) is 2. The SMILES string of the molecule is CN=C(NCCN1CCOCC1)NCc1ccc(OC)c(OC)c1.I. The summed E-state index contributed by atoms with van der Waals surface area (Å²) >= 11 is 0. The predicted molar refractivity (Wildman–Crippen MR) is 110 cm³/mol. The second-order valence-electron chi connectivity index (χ2n) is 5.50. The number of guanidine groups is 1. The number of methoxy groups -OCH3 is 2. The lowest BCUT2D eigenvalue weighted by atomic mass is 10.2.